The number of fused-ring (bicyclic) bond motifs is 3. The van der Waals surface area contributed by atoms with E-state index >= 15 is 0 Å². The molecule has 2 aromatic rings. The van der Waals surface area contributed by atoms with Gasteiger partial charge in [-0.05, 0) is 67.4 Å². The molecule has 2 nitrogen and oxygen atoms in total. The third-order valence-electron chi connectivity index (χ3n) is 4.85. The van der Waals surface area contributed by atoms with Crippen LogP contribution in [0.15, 0.2) is 37.1 Å². The predicted octanol–water partition coefficient (Wildman–Crippen LogP) is 4.92. The summed E-state index contributed by atoms with van der Waals surface area (Å²) < 4.78 is 0. The van der Waals surface area contributed by atoms with Gasteiger partial charge in [0.05, 0.1) is 0 Å². The molecule has 1 heterocycles. The summed E-state index contributed by atoms with van der Waals surface area (Å²) in [7, 11) is 4.09. The Morgan fingerprint density at radius 3 is 2.68 bits per heavy atom. The van der Waals surface area contributed by atoms with Gasteiger partial charge in [0.15, 0.2) is 0 Å². The summed E-state index contributed by atoms with van der Waals surface area (Å²) in [4.78, 5) is 5.68. The number of nitrogens with zero attached hydrogens (tertiary/aromatic N) is 1. The number of benzene rings is 1. The van der Waals surface area contributed by atoms with Gasteiger partial charge in [-0.3, -0.25) is 0 Å². The van der Waals surface area contributed by atoms with Crippen LogP contribution in [0, 0.1) is 0 Å². The lowest BCUT2D eigenvalue weighted by molar-refractivity contribution is 0.492. The number of aromatic nitrogens is 1. The Kier molecular flexibility index (Phi) is 4.10. The van der Waals surface area contributed by atoms with Crippen molar-refractivity contribution in [2.45, 2.75) is 38.5 Å². The van der Waals surface area contributed by atoms with Crippen molar-refractivity contribution < 1.29 is 0 Å². The van der Waals surface area contributed by atoms with Crippen molar-refractivity contribution in [1.82, 2.24) is 9.88 Å². The van der Waals surface area contributed by atoms with Gasteiger partial charge < -0.3 is 9.88 Å². The number of nitrogens with one attached hydrogen (secondary N) is 1. The average molecular weight is 294 g/mol. The Morgan fingerprint density at radius 1 is 1.14 bits per heavy atom. The highest BCUT2D eigenvalue weighted by molar-refractivity contribution is 5.88. The Balaban J connectivity index is 1.82. The molecule has 0 bridgehead atoms. The molecule has 0 aliphatic heterocycles. The Hall–Kier alpha value is -1.96. The standard InChI is InChI=1S/C20H26N2/c1-14(9-10-15(2)22(3)4)16-11-12-20-18(13-16)17-7-5-6-8-19(17)21-20/h11-13,21H,1-2,5-10H2,3-4H3. The van der Waals surface area contributed by atoms with Crippen molar-refractivity contribution in [3.05, 3.63) is 53.9 Å². The zero-order chi connectivity index (χ0) is 15.7. The minimum atomic E-state index is 0.967. The third-order valence-corrected chi connectivity index (χ3v) is 4.85. The smallest absolute Gasteiger partial charge is 0.0459 e. The molecular formula is C20H26N2. The highest BCUT2D eigenvalue weighted by Crippen LogP contribution is 2.31. The number of aryl methyl sites for hydroxylation is 2. The SMILES string of the molecule is C=C(CCC(=C)N(C)C)c1ccc2[nH]c3c(c2c1)CCCC3. The van der Waals surface area contributed by atoms with E-state index in [0.717, 1.165) is 18.5 Å². The van der Waals surface area contributed by atoms with Gasteiger partial charge >= 0.3 is 0 Å². The van der Waals surface area contributed by atoms with E-state index in [1.807, 2.05) is 14.1 Å². The molecular weight excluding hydrogens is 268 g/mol. The van der Waals surface area contributed by atoms with Crippen LogP contribution in [0.2, 0.25) is 0 Å². The van der Waals surface area contributed by atoms with Crippen LogP contribution in [-0.4, -0.2) is 24.0 Å². The quantitative estimate of drug-likeness (QED) is 0.829. The van der Waals surface area contributed by atoms with Crippen LogP contribution in [0.3, 0.4) is 0 Å². The summed E-state index contributed by atoms with van der Waals surface area (Å²) in [6.07, 6.45) is 6.97. The van der Waals surface area contributed by atoms with E-state index in [4.69, 9.17) is 0 Å². The van der Waals surface area contributed by atoms with Crippen LogP contribution in [-0.2, 0) is 12.8 Å². The second-order valence-electron chi connectivity index (χ2n) is 6.61. The van der Waals surface area contributed by atoms with Crippen molar-refractivity contribution in [2.24, 2.45) is 0 Å². The zero-order valence-corrected chi connectivity index (χ0v) is 13.8. The van der Waals surface area contributed by atoms with E-state index in [9.17, 15) is 0 Å². The number of hydrogen-bond donors (Lipinski definition) is 1. The van der Waals surface area contributed by atoms with E-state index in [2.05, 4.69) is 41.2 Å². The normalized spacial score (nSPS) is 13.9. The van der Waals surface area contributed by atoms with Crippen molar-refractivity contribution in [2.75, 3.05) is 14.1 Å². The monoisotopic (exact) mass is 294 g/mol. The van der Waals surface area contributed by atoms with Gasteiger partial charge in [0.25, 0.3) is 0 Å². The van der Waals surface area contributed by atoms with Crippen LogP contribution in [0.1, 0.15) is 42.5 Å². The molecule has 22 heavy (non-hydrogen) atoms. The lowest BCUT2D eigenvalue weighted by atomic mass is 9.94. The molecule has 0 amide bonds. The topological polar surface area (TPSA) is 19.0 Å². The highest BCUT2D eigenvalue weighted by atomic mass is 15.1. The maximum atomic E-state index is 4.29. The van der Waals surface area contributed by atoms with Crippen molar-refractivity contribution in [3.63, 3.8) is 0 Å². The van der Waals surface area contributed by atoms with Gasteiger partial charge in [0, 0.05) is 36.4 Å². The van der Waals surface area contributed by atoms with E-state index in [1.165, 1.54) is 59.0 Å². The molecule has 1 aromatic carbocycles. The molecule has 2 heteroatoms. The molecule has 0 saturated carbocycles. The fourth-order valence-corrected chi connectivity index (χ4v) is 3.29. The number of hydrogen-bond acceptors (Lipinski definition) is 1. The molecule has 1 aliphatic carbocycles. The first-order chi connectivity index (χ1) is 10.6. The highest BCUT2D eigenvalue weighted by Gasteiger charge is 2.15. The first kappa shape index (κ1) is 15.0. The van der Waals surface area contributed by atoms with Crippen LogP contribution in [0.25, 0.3) is 16.5 Å². The Labute approximate surface area is 133 Å². The fraction of sp³-hybridized carbons (Fsp3) is 0.400. The van der Waals surface area contributed by atoms with E-state index < -0.39 is 0 Å². The summed E-state index contributed by atoms with van der Waals surface area (Å²) in [6.45, 7) is 8.39. The predicted molar refractivity (Wildman–Crippen MR) is 96.0 cm³/mol. The lowest BCUT2D eigenvalue weighted by Gasteiger charge is -2.16. The van der Waals surface area contributed by atoms with Crippen LogP contribution < -0.4 is 0 Å². The zero-order valence-electron chi connectivity index (χ0n) is 13.8. The van der Waals surface area contributed by atoms with Gasteiger partial charge in [-0.1, -0.05) is 19.2 Å². The summed E-state index contributed by atoms with van der Waals surface area (Å²) >= 11 is 0. The number of allylic oxidation sites excluding steroid dienone is 2. The summed E-state index contributed by atoms with van der Waals surface area (Å²) in [6, 6.07) is 6.75. The molecule has 1 N–H and O–H groups in total. The van der Waals surface area contributed by atoms with E-state index in [0.29, 0.717) is 0 Å². The van der Waals surface area contributed by atoms with Gasteiger partial charge in [-0.15, -0.1) is 0 Å². The van der Waals surface area contributed by atoms with Crippen molar-refractivity contribution in [3.8, 4) is 0 Å². The first-order valence-corrected chi connectivity index (χ1v) is 8.23. The number of H-pyrrole nitrogens is 1. The minimum Gasteiger partial charge on any atom is -0.381 e. The molecule has 1 aromatic heterocycles. The molecule has 3 rings (SSSR count). The number of aromatic amines is 1. The summed E-state index contributed by atoms with van der Waals surface area (Å²) in [5, 5.41) is 1.40. The van der Waals surface area contributed by atoms with Gasteiger partial charge in [-0.2, -0.15) is 0 Å². The van der Waals surface area contributed by atoms with Gasteiger partial charge in [0.1, 0.15) is 0 Å². The maximum absolute atomic E-state index is 4.29. The Bertz CT molecular complexity index is 719. The molecule has 0 atom stereocenters. The lowest BCUT2D eigenvalue weighted by Crippen LogP contribution is -2.09. The van der Waals surface area contributed by atoms with Gasteiger partial charge in [-0.25, -0.2) is 0 Å². The molecule has 0 spiro atoms. The van der Waals surface area contributed by atoms with Crippen molar-refractivity contribution >= 4 is 16.5 Å². The van der Waals surface area contributed by atoms with Crippen LogP contribution >= 0.6 is 0 Å². The summed E-state index contributed by atoms with van der Waals surface area (Å²) in [5.41, 5.74) is 7.89. The van der Waals surface area contributed by atoms with Gasteiger partial charge in [0.2, 0.25) is 0 Å². The third kappa shape index (κ3) is 2.83. The second-order valence-corrected chi connectivity index (χ2v) is 6.61. The minimum absolute atomic E-state index is 0.967. The average Bonchev–Trinajstić information content (AvgIpc) is 2.89. The largest absolute Gasteiger partial charge is 0.381 e. The van der Waals surface area contributed by atoms with E-state index in [1.54, 1.807) is 0 Å². The molecule has 0 unspecified atom stereocenters. The Morgan fingerprint density at radius 2 is 1.91 bits per heavy atom. The molecule has 1 aliphatic rings. The number of rotatable bonds is 5. The fourth-order valence-electron chi connectivity index (χ4n) is 3.29. The molecule has 116 valence electrons. The van der Waals surface area contributed by atoms with Crippen LogP contribution in [0.5, 0.6) is 0 Å². The second kappa shape index (κ2) is 6.04. The molecule has 0 fully saturated rings. The van der Waals surface area contributed by atoms with E-state index in [-0.39, 0.29) is 0 Å². The van der Waals surface area contributed by atoms with Crippen molar-refractivity contribution in [1.29, 1.82) is 0 Å². The van der Waals surface area contributed by atoms with Crippen LogP contribution in [0.4, 0.5) is 0 Å². The first-order valence-electron chi connectivity index (χ1n) is 8.23. The molecule has 0 saturated heterocycles. The summed E-state index contributed by atoms with van der Waals surface area (Å²) in [5.74, 6) is 0. The molecule has 0 radical (unpaired) electrons. The maximum Gasteiger partial charge on any atom is 0.0459 e.